The van der Waals surface area contributed by atoms with Crippen LogP contribution < -0.4 is 9.64 Å². The summed E-state index contributed by atoms with van der Waals surface area (Å²) in [5.41, 5.74) is 2.99. The predicted molar refractivity (Wildman–Crippen MR) is 119 cm³/mol. The zero-order valence-corrected chi connectivity index (χ0v) is 18.7. The molecule has 3 heterocycles. The molecule has 1 saturated heterocycles. The van der Waals surface area contributed by atoms with Crippen LogP contribution in [0.4, 0.5) is 10.3 Å². The Hall–Kier alpha value is -3.04. The lowest BCUT2D eigenvalue weighted by Crippen LogP contribution is -2.38. The van der Waals surface area contributed by atoms with Gasteiger partial charge in [0.1, 0.15) is 6.10 Å². The molecule has 2 aromatic heterocycles. The van der Waals surface area contributed by atoms with E-state index in [1.54, 1.807) is 18.2 Å². The molecule has 0 spiro atoms. The molecule has 0 bridgehead atoms. The number of halogens is 1. The van der Waals surface area contributed by atoms with Crippen molar-refractivity contribution in [2.75, 3.05) is 45.3 Å². The van der Waals surface area contributed by atoms with Gasteiger partial charge in [-0.15, -0.1) is 0 Å². The summed E-state index contributed by atoms with van der Waals surface area (Å²) < 4.78 is 27.2. The molecule has 0 aliphatic carbocycles. The van der Waals surface area contributed by atoms with Gasteiger partial charge in [-0.3, -0.25) is 9.58 Å². The number of aromatic nitrogens is 4. The topological polar surface area (TPSA) is 68.5 Å². The lowest BCUT2D eigenvalue weighted by Gasteiger charge is -2.32. The Kier molecular flexibility index (Phi) is 6.96. The smallest absolute Gasteiger partial charge is 0.224 e. The molecular formula is C23H29FN6O2. The second-order valence-corrected chi connectivity index (χ2v) is 8.09. The standard InChI is InChI=1S/C23H29FN6O2/c1-28(2)23-25-13-17(14-26-23)15-30-9-11-32-22(16-30)20-12-18(29(3)27-20)8-10-31-21-7-5-4-6-19(21)24/h4-7,12-14,22H,8-11,15-16H2,1-3H3/t22-/m1/s1. The highest BCUT2D eigenvalue weighted by Crippen LogP contribution is 2.23. The second-order valence-electron chi connectivity index (χ2n) is 8.09. The molecule has 8 nitrogen and oxygen atoms in total. The lowest BCUT2D eigenvalue weighted by atomic mass is 10.1. The van der Waals surface area contributed by atoms with Crippen LogP contribution in [0.5, 0.6) is 5.75 Å². The summed E-state index contributed by atoms with van der Waals surface area (Å²) in [7, 11) is 5.76. The van der Waals surface area contributed by atoms with Crippen LogP contribution in [-0.2, 0) is 24.8 Å². The molecule has 0 N–H and O–H groups in total. The molecule has 0 radical (unpaired) electrons. The molecule has 0 amide bonds. The van der Waals surface area contributed by atoms with Gasteiger partial charge in [-0.1, -0.05) is 12.1 Å². The molecule has 4 rings (SSSR count). The average molecular weight is 441 g/mol. The normalized spacial score (nSPS) is 16.8. The van der Waals surface area contributed by atoms with Gasteiger partial charge < -0.3 is 14.4 Å². The van der Waals surface area contributed by atoms with Crippen molar-refractivity contribution < 1.29 is 13.9 Å². The third kappa shape index (κ3) is 5.41. The first-order valence-electron chi connectivity index (χ1n) is 10.7. The predicted octanol–water partition coefficient (Wildman–Crippen LogP) is 2.61. The Labute approximate surface area is 187 Å². The number of aryl methyl sites for hydroxylation is 1. The molecule has 0 saturated carbocycles. The maximum absolute atomic E-state index is 13.7. The quantitative estimate of drug-likeness (QED) is 0.533. The third-order valence-corrected chi connectivity index (χ3v) is 5.43. The van der Waals surface area contributed by atoms with Crippen molar-refractivity contribution in [3.05, 3.63) is 65.5 Å². The van der Waals surface area contributed by atoms with Crippen LogP contribution in [0.2, 0.25) is 0 Å². The van der Waals surface area contributed by atoms with Gasteiger partial charge in [0.05, 0.1) is 18.9 Å². The summed E-state index contributed by atoms with van der Waals surface area (Å²) in [6.07, 6.45) is 4.28. The molecule has 1 aromatic carbocycles. The highest BCUT2D eigenvalue weighted by atomic mass is 19.1. The first-order valence-corrected chi connectivity index (χ1v) is 10.7. The second kappa shape index (κ2) is 10.1. The van der Waals surface area contributed by atoms with Crippen molar-refractivity contribution in [3.8, 4) is 5.75 Å². The van der Waals surface area contributed by atoms with E-state index in [4.69, 9.17) is 9.47 Å². The van der Waals surface area contributed by atoms with Crippen LogP contribution >= 0.6 is 0 Å². The lowest BCUT2D eigenvalue weighted by molar-refractivity contribution is -0.0352. The minimum atomic E-state index is -0.351. The fraction of sp³-hybridized carbons (Fsp3) is 0.435. The molecule has 1 atom stereocenters. The van der Waals surface area contributed by atoms with E-state index in [1.165, 1.54) is 6.07 Å². The van der Waals surface area contributed by atoms with Gasteiger partial charge in [0.25, 0.3) is 0 Å². The highest BCUT2D eigenvalue weighted by Gasteiger charge is 2.25. The Bertz CT molecular complexity index is 1020. The summed E-state index contributed by atoms with van der Waals surface area (Å²) in [6, 6.07) is 8.48. The molecule has 9 heteroatoms. The summed E-state index contributed by atoms with van der Waals surface area (Å²) in [6.45, 7) is 3.38. The van der Waals surface area contributed by atoms with Gasteiger partial charge in [-0.05, 0) is 18.2 Å². The number of nitrogens with zero attached hydrogens (tertiary/aromatic N) is 6. The summed E-state index contributed by atoms with van der Waals surface area (Å²) in [5.74, 6) is 0.619. The zero-order chi connectivity index (χ0) is 22.5. The van der Waals surface area contributed by atoms with Gasteiger partial charge in [-0.25, -0.2) is 14.4 Å². The number of rotatable bonds is 8. The van der Waals surface area contributed by atoms with Gasteiger partial charge in [0.15, 0.2) is 11.6 Å². The zero-order valence-electron chi connectivity index (χ0n) is 18.7. The fourth-order valence-electron chi connectivity index (χ4n) is 3.69. The molecular weight excluding hydrogens is 411 g/mol. The van der Waals surface area contributed by atoms with Crippen LogP contribution in [0, 0.1) is 5.82 Å². The SMILES string of the molecule is CN(C)c1ncc(CN2CCO[C@@H](c3cc(CCOc4ccccc4F)n(C)n3)C2)cn1. The molecule has 1 aliphatic rings. The van der Waals surface area contributed by atoms with Crippen molar-refractivity contribution in [1.82, 2.24) is 24.6 Å². The van der Waals surface area contributed by atoms with Gasteiger partial charge in [-0.2, -0.15) is 5.10 Å². The van der Waals surface area contributed by atoms with Crippen molar-refractivity contribution >= 4 is 5.95 Å². The van der Waals surface area contributed by atoms with Crippen LogP contribution in [0.15, 0.2) is 42.7 Å². The maximum Gasteiger partial charge on any atom is 0.224 e. The van der Waals surface area contributed by atoms with Crippen LogP contribution in [0.1, 0.15) is 23.1 Å². The summed E-state index contributed by atoms with van der Waals surface area (Å²) in [4.78, 5) is 13.0. The highest BCUT2D eigenvalue weighted by molar-refractivity contribution is 5.27. The number of para-hydroxylation sites is 1. The third-order valence-electron chi connectivity index (χ3n) is 5.43. The van der Waals surface area contributed by atoms with E-state index in [-0.39, 0.29) is 17.7 Å². The van der Waals surface area contributed by atoms with Crippen molar-refractivity contribution in [2.45, 2.75) is 19.1 Å². The van der Waals surface area contributed by atoms with Crippen molar-refractivity contribution in [3.63, 3.8) is 0 Å². The van der Waals surface area contributed by atoms with E-state index in [9.17, 15) is 4.39 Å². The maximum atomic E-state index is 13.7. The van der Waals surface area contributed by atoms with E-state index >= 15 is 0 Å². The number of hydrogen-bond donors (Lipinski definition) is 0. The minimum absolute atomic E-state index is 0.0989. The number of anilines is 1. The Morgan fingerprint density at radius 3 is 2.75 bits per heavy atom. The molecule has 170 valence electrons. The monoisotopic (exact) mass is 440 g/mol. The number of hydrogen-bond acceptors (Lipinski definition) is 7. The van der Waals surface area contributed by atoms with E-state index in [2.05, 4.69) is 20.0 Å². The first-order chi connectivity index (χ1) is 15.5. The van der Waals surface area contributed by atoms with E-state index in [0.29, 0.717) is 25.6 Å². The Balaban J connectivity index is 1.33. The Morgan fingerprint density at radius 1 is 1.22 bits per heavy atom. The summed E-state index contributed by atoms with van der Waals surface area (Å²) >= 11 is 0. The van der Waals surface area contributed by atoms with Gasteiger partial charge in [0, 0.05) is 70.8 Å². The van der Waals surface area contributed by atoms with Gasteiger partial charge >= 0.3 is 0 Å². The Morgan fingerprint density at radius 2 is 2.00 bits per heavy atom. The average Bonchev–Trinajstić information content (AvgIpc) is 3.16. The minimum Gasteiger partial charge on any atom is -0.490 e. The molecule has 3 aromatic rings. The van der Waals surface area contributed by atoms with E-state index in [0.717, 1.165) is 36.6 Å². The molecule has 32 heavy (non-hydrogen) atoms. The van der Waals surface area contributed by atoms with E-state index < -0.39 is 0 Å². The molecule has 0 unspecified atom stereocenters. The fourth-order valence-corrected chi connectivity index (χ4v) is 3.69. The van der Waals surface area contributed by atoms with Crippen LogP contribution in [0.25, 0.3) is 0 Å². The number of ether oxygens (including phenoxy) is 2. The van der Waals surface area contributed by atoms with Crippen LogP contribution in [-0.4, -0.2) is 65.0 Å². The van der Waals surface area contributed by atoms with Crippen molar-refractivity contribution in [2.24, 2.45) is 7.05 Å². The first kappa shape index (κ1) is 22.2. The summed E-state index contributed by atoms with van der Waals surface area (Å²) in [5, 5.41) is 4.66. The van der Waals surface area contributed by atoms with Crippen LogP contribution in [0.3, 0.4) is 0 Å². The number of morpholine rings is 1. The van der Waals surface area contributed by atoms with Crippen molar-refractivity contribution in [1.29, 1.82) is 0 Å². The molecule has 1 aliphatic heterocycles. The van der Waals surface area contributed by atoms with Gasteiger partial charge in [0.2, 0.25) is 5.95 Å². The molecule has 1 fully saturated rings. The van der Waals surface area contributed by atoms with E-state index in [1.807, 2.05) is 49.2 Å². The largest absolute Gasteiger partial charge is 0.490 e. The number of benzene rings is 1.